The number of ketones is 1. The van der Waals surface area contributed by atoms with E-state index in [4.69, 9.17) is 28.4 Å². The highest BCUT2D eigenvalue weighted by atomic mass is 33.1. The fraction of sp³-hybridized carbons (Fsp3) is 0.507. The average Bonchev–Trinajstić information content (AvgIpc) is 0.670. The molecule has 8 N–H and O–H groups in total. The molecule has 0 spiro atoms. The minimum Gasteiger partial charge on any atom is -0.456 e. The van der Waals surface area contributed by atoms with Gasteiger partial charge in [0, 0.05) is 49.2 Å². The maximum absolute atomic E-state index is 15.5. The lowest BCUT2D eigenvalue weighted by Gasteiger charge is -2.67. The number of ether oxygens (including phenoxy) is 6. The summed E-state index contributed by atoms with van der Waals surface area (Å²) in [5.74, 6) is -9.38. The number of carbonyl (C=O) groups is 11. The number of hydrogen-bond acceptors (Lipinski definition) is 22. The fourth-order valence-corrected chi connectivity index (χ4v) is 15.8. The van der Waals surface area contributed by atoms with Gasteiger partial charge in [0.25, 0.3) is 11.8 Å². The number of benzene rings is 3. The summed E-state index contributed by atoms with van der Waals surface area (Å²) in [6, 6.07) is 20.1. The molecule has 2 saturated heterocycles. The van der Waals surface area contributed by atoms with Gasteiger partial charge in [-0.25, -0.2) is 14.4 Å². The number of Topliss-reactive ketones (excluding diaryl/α,β-unsaturated/α-hetero) is 1. The number of fused-ring (bicyclic) bond motifs is 12. The monoisotopic (exact) mass is 1390 g/mol. The van der Waals surface area contributed by atoms with E-state index >= 15 is 4.79 Å². The van der Waals surface area contributed by atoms with Gasteiger partial charge in [0.05, 0.1) is 42.1 Å². The molecule has 3 aliphatic heterocycles. The largest absolute Gasteiger partial charge is 0.456 e. The summed E-state index contributed by atoms with van der Waals surface area (Å²) in [4.78, 5) is 149. The smallest absolute Gasteiger partial charge is 0.338 e. The first-order valence-corrected chi connectivity index (χ1v) is 35.0. The van der Waals surface area contributed by atoms with E-state index in [1.807, 2.05) is 6.08 Å². The summed E-state index contributed by atoms with van der Waals surface area (Å²) in [7, 11) is 2.95. The zero-order chi connectivity index (χ0) is 71.8. The Morgan fingerprint density at radius 1 is 0.776 bits per heavy atom. The van der Waals surface area contributed by atoms with Crippen molar-refractivity contribution in [2.75, 3.05) is 18.1 Å². The number of aliphatic hydroxyl groups is 3. The number of carbonyl (C=O) groups excluding carboxylic acids is 11. The first-order valence-electron chi connectivity index (χ1n) is 32.5. The van der Waals surface area contributed by atoms with Crippen molar-refractivity contribution < 1.29 is 96.5 Å². The number of hydrogen-bond donors (Lipinski definition) is 8. The van der Waals surface area contributed by atoms with E-state index < -0.39 is 166 Å². The molecule has 4 bridgehead atoms. The lowest BCUT2D eigenvalue weighted by atomic mass is 9.44. The van der Waals surface area contributed by atoms with E-state index in [9.17, 15) is 63.3 Å². The van der Waals surface area contributed by atoms with Crippen molar-refractivity contribution in [3.63, 3.8) is 0 Å². The van der Waals surface area contributed by atoms with Crippen LogP contribution in [-0.4, -0.2) is 171 Å². The molecule has 0 aromatic heterocycles. The maximum Gasteiger partial charge on any atom is 0.338 e. The van der Waals surface area contributed by atoms with Crippen molar-refractivity contribution in [2.24, 2.45) is 28.6 Å². The zero-order valence-corrected chi connectivity index (χ0v) is 58.2. The lowest BCUT2D eigenvalue weighted by Crippen LogP contribution is -2.82. The number of amides is 5. The predicted molar refractivity (Wildman–Crippen MR) is 358 cm³/mol. The summed E-state index contributed by atoms with van der Waals surface area (Å²) >= 11 is 0. The van der Waals surface area contributed by atoms with Crippen molar-refractivity contribution in [2.45, 2.75) is 180 Å². The van der Waals surface area contributed by atoms with Gasteiger partial charge in [-0.05, 0) is 86.1 Å². The number of nitrogens with one attached hydrogen (secondary N) is 5. The van der Waals surface area contributed by atoms with Crippen molar-refractivity contribution >= 4 is 86.8 Å². The SMILES string of the molecule is C/C=C1\NC(=O)[C@H]2CSSCC/C=C/[C@H](CC(=O)N[C@H](C(C)C)C(=O)N2)OC(=O)[C@H](C(C)C)NC1=O.CC(=O)O[C@H]1C(=O)[C@@]2(C)[C@H]([C@H](OC(=O)c3ccccc3)[C@]3(O)C[C@H](OC(=O)[C@H](O)[C@@H](NC(=O)c4ccccc4)c4ccccc4)C(C)=C1C3(C)C)[C@]1(OC(C)=O)CO[C@@H]1C[C@@H]2O. The van der Waals surface area contributed by atoms with Crippen LogP contribution in [0.5, 0.6) is 0 Å². The molecule has 25 nitrogen and oxygen atoms in total. The van der Waals surface area contributed by atoms with Gasteiger partial charge < -0.3 is 70.3 Å². The van der Waals surface area contributed by atoms with E-state index in [-0.39, 0.29) is 65.0 Å². The molecule has 0 unspecified atom stereocenters. The molecule has 528 valence electrons. The second-order valence-corrected chi connectivity index (χ2v) is 29.2. The van der Waals surface area contributed by atoms with Gasteiger partial charge >= 0.3 is 29.8 Å². The Kier molecular flexibility index (Phi) is 24.5. The summed E-state index contributed by atoms with van der Waals surface area (Å²) in [6.07, 6.45) is -6.00. The summed E-state index contributed by atoms with van der Waals surface area (Å²) < 4.78 is 35.9. The molecule has 3 aromatic carbocycles. The normalized spacial score (nSPS) is 31.0. The minimum atomic E-state index is -2.39. The quantitative estimate of drug-likeness (QED) is 0.0381. The van der Waals surface area contributed by atoms with Gasteiger partial charge in [-0.15, -0.1) is 0 Å². The molecule has 5 amide bonds. The topological polar surface area (TPSA) is 364 Å². The number of rotatable bonds is 12. The first-order chi connectivity index (χ1) is 46.3. The average molecular weight is 1390 g/mol. The number of allylic oxidation sites excluding steroid dienone is 2. The third-order valence-corrected chi connectivity index (χ3v) is 21.5. The second kappa shape index (κ2) is 31.8. The Labute approximate surface area is 576 Å². The van der Waals surface area contributed by atoms with E-state index in [2.05, 4.69) is 26.6 Å². The third kappa shape index (κ3) is 16.1. The highest BCUT2D eigenvalue weighted by molar-refractivity contribution is 8.76. The van der Waals surface area contributed by atoms with Crippen LogP contribution in [0.15, 0.2) is 126 Å². The molecule has 2 saturated carbocycles. The Morgan fingerprint density at radius 2 is 1.40 bits per heavy atom. The van der Waals surface area contributed by atoms with Crippen LogP contribution in [0.2, 0.25) is 0 Å². The Morgan fingerprint density at radius 3 is 1.98 bits per heavy atom. The third-order valence-electron chi connectivity index (χ3n) is 19.1. The molecular weight excluding hydrogens is 1310 g/mol. The standard InChI is InChI=1S/C47H51NO14.C24H36N4O6S2/c1-25-31(60-43(56)36(52)35(28-16-10-7-11-17-28)48-41(54)29-18-12-8-13-19-29)23-47(57)40(61-42(55)30-20-14-9-15-21-30)38-45(6,32(51)22-33-46(38,24-58-33)62-27(3)50)39(53)37(59-26(2)49)34(25)44(47,4)5;1-6-16-21(30)28-20(14(4)5)24(33)34-15-9-7-8-10-35-36-12-17(22(31)25-16)26-23(32)19(13(2)3)27-18(29)11-15/h7-21,31-33,35-38,40,51-52,57H,22-24H2,1-6H3,(H,48,54);6-7,9,13-15,17,19-20H,8,10-12H2,1-5H3,(H,25,31)(H,26,32)(H,27,29)(H,28,30)/b;9-7+,16-6-/t31-,32-,33+,35-,36+,37+,38-,40-,45+,46-,47+;15-,17-,19-,20+/m01/s1. The maximum atomic E-state index is 15.5. The highest BCUT2D eigenvalue weighted by Crippen LogP contribution is 2.64. The van der Waals surface area contributed by atoms with Gasteiger partial charge in [-0.1, -0.05) is 142 Å². The Balaban J connectivity index is 0.000000290. The fourth-order valence-electron chi connectivity index (χ4n) is 13.7. The molecular formula is C71H87N5O20S2. The van der Waals surface area contributed by atoms with Crippen LogP contribution < -0.4 is 26.6 Å². The van der Waals surface area contributed by atoms with Crippen LogP contribution in [0, 0.1) is 28.6 Å². The Hall–Kier alpha value is -8.21. The molecule has 9 rings (SSSR count). The summed E-state index contributed by atoms with van der Waals surface area (Å²) in [5.41, 5.74) is -7.06. The van der Waals surface area contributed by atoms with Crippen LogP contribution in [0.25, 0.3) is 0 Å². The van der Waals surface area contributed by atoms with E-state index in [1.165, 1.54) is 53.6 Å². The van der Waals surface area contributed by atoms with Crippen molar-refractivity contribution in [1.29, 1.82) is 0 Å². The molecule has 27 heteroatoms. The molecule has 3 heterocycles. The van der Waals surface area contributed by atoms with E-state index in [0.717, 1.165) is 13.8 Å². The van der Waals surface area contributed by atoms with Gasteiger partial charge in [-0.3, -0.25) is 38.4 Å². The number of esters is 5. The van der Waals surface area contributed by atoms with Crippen LogP contribution in [-0.2, 0) is 71.6 Å². The van der Waals surface area contributed by atoms with Gasteiger partial charge in [0.1, 0.15) is 53.8 Å². The first kappa shape index (κ1) is 75.6. The van der Waals surface area contributed by atoms with Crippen molar-refractivity contribution in [3.8, 4) is 0 Å². The van der Waals surface area contributed by atoms with Crippen LogP contribution in [0.1, 0.15) is 134 Å². The molecule has 15 atom stereocenters. The molecule has 98 heavy (non-hydrogen) atoms. The molecule has 3 aromatic rings. The molecule has 4 fully saturated rings. The van der Waals surface area contributed by atoms with Gasteiger partial charge in [0.2, 0.25) is 17.7 Å². The van der Waals surface area contributed by atoms with Gasteiger partial charge in [0.15, 0.2) is 23.6 Å². The Bertz CT molecular complexity index is 3610. The minimum absolute atomic E-state index is 0.00289. The van der Waals surface area contributed by atoms with Crippen LogP contribution in [0.3, 0.4) is 0 Å². The summed E-state index contributed by atoms with van der Waals surface area (Å²) in [6.45, 7) is 16.6. The molecule has 3 aliphatic carbocycles. The van der Waals surface area contributed by atoms with E-state index in [0.29, 0.717) is 17.7 Å². The van der Waals surface area contributed by atoms with Crippen molar-refractivity contribution in [3.05, 3.63) is 143 Å². The summed E-state index contributed by atoms with van der Waals surface area (Å²) in [5, 5.41) is 50.9. The van der Waals surface area contributed by atoms with Crippen molar-refractivity contribution in [1.82, 2.24) is 26.6 Å². The predicted octanol–water partition coefficient (Wildman–Crippen LogP) is 5.17. The lowest BCUT2D eigenvalue weighted by molar-refractivity contribution is -0.346. The highest BCUT2D eigenvalue weighted by Gasteiger charge is 2.78. The molecule has 6 aliphatic rings. The van der Waals surface area contributed by atoms with Crippen LogP contribution >= 0.6 is 21.6 Å². The van der Waals surface area contributed by atoms with Crippen LogP contribution in [0.4, 0.5) is 0 Å². The van der Waals surface area contributed by atoms with E-state index in [1.54, 1.807) is 133 Å². The second-order valence-electron chi connectivity index (χ2n) is 26.6. The zero-order valence-electron chi connectivity index (χ0n) is 56.5. The number of aliphatic hydroxyl groups excluding tert-OH is 2. The van der Waals surface area contributed by atoms with Gasteiger partial charge in [-0.2, -0.15) is 0 Å². The molecule has 0 radical (unpaired) electrons.